The highest BCUT2D eigenvalue weighted by atomic mass is 32.2. The van der Waals surface area contributed by atoms with Crippen molar-refractivity contribution in [2.24, 2.45) is 4.36 Å². The Hall–Kier alpha value is -1.09. The van der Waals surface area contributed by atoms with Crippen LogP contribution < -0.4 is 0 Å². The molecule has 0 heterocycles. The van der Waals surface area contributed by atoms with Crippen LogP contribution in [0.1, 0.15) is 32.1 Å². The second kappa shape index (κ2) is 6.19. The molecule has 1 aromatic rings. The van der Waals surface area contributed by atoms with Crippen molar-refractivity contribution in [1.82, 2.24) is 0 Å². The predicted molar refractivity (Wildman–Crippen MR) is 77.2 cm³/mol. The van der Waals surface area contributed by atoms with E-state index in [2.05, 4.69) is 10.4 Å². The van der Waals surface area contributed by atoms with Crippen molar-refractivity contribution >= 4 is 9.73 Å². The third kappa shape index (κ3) is 3.22. The molecular formula is C15H21NOS. The Morgan fingerprint density at radius 1 is 1.17 bits per heavy atom. The fourth-order valence-electron chi connectivity index (χ4n) is 2.35. The van der Waals surface area contributed by atoms with E-state index in [0.29, 0.717) is 5.75 Å². The molecule has 2 nitrogen and oxygen atoms in total. The summed E-state index contributed by atoms with van der Waals surface area (Å²) in [5, 5.41) is 0. The molecule has 1 aromatic carbocycles. The summed E-state index contributed by atoms with van der Waals surface area (Å²) < 4.78 is 17.1. The molecule has 1 aliphatic carbocycles. The van der Waals surface area contributed by atoms with E-state index >= 15 is 0 Å². The highest BCUT2D eigenvalue weighted by Gasteiger charge is 2.14. The second-order valence-electron chi connectivity index (χ2n) is 4.74. The monoisotopic (exact) mass is 263 g/mol. The van der Waals surface area contributed by atoms with E-state index in [1.807, 2.05) is 30.3 Å². The van der Waals surface area contributed by atoms with Crippen LogP contribution in [0, 0.1) is 0 Å². The zero-order chi connectivity index (χ0) is 12.8. The fraction of sp³-hybridized carbons (Fsp3) is 0.467. The average molecular weight is 263 g/mol. The highest BCUT2D eigenvalue weighted by Crippen LogP contribution is 2.22. The Bertz CT molecular complexity index is 525. The third-order valence-corrected chi connectivity index (χ3v) is 5.78. The lowest BCUT2D eigenvalue weighted by atomic mass is 10.1. The molecule has 2 rings (SSSR count). The van der Waals surface area contributed by atoms with Gasteiger partial charge in [-0.15, -0.1) is 0 Å². The van der Waals surface area contributed by atoms with Crippen LogP contribution in [0.2, 0.25) is 0 Å². The van der Waals surface area contributed by atoms with Crippen LogP contribution in [-0.4, -0.2) is 17.0 Å². The molecule has 0 spiro atoms. The van der Waals surface area contributed by atoms with E-state index in [0.717, 1.165) is 17.7 Å². The van der Waals surface area contributed by atoms with Gasteiger partial charge in [0.1, 0.15) is 0 Å². The minimum absolute atomic E-state index is 0.605. The van der Waals surface area contributed by atoms with Gasteiger partial charge in [0.15, 0.2) is 0 Å². The number of benzene rings is 1. The van der Waals surface area contributed by atoms with Gasteiger partial charge in [-0.3, -0.25) is 0 Å². The van der Waals surface area contributed by atoms with Crippen LogP contribution in [0.5, 0.6) is 0 Å². The lowest BCUT2D eigenvalue weighted by Gasteiger charge is -2.11. The Balaban J connectivity index is 2.24. The van der Waals surface area contributed by atoms with Gasteiger partial charge in [0.05, 0.1) is 15.5 Å². The van der Waals surface area contributed by atoms with Crippen molar-refractivity contribution in [3.8, 4) is 0 Å². The summed E-state index contributed by atoms with van der Waals surface area (Å²) in [6, 6.07) is 9.66. The molecule has 1 unspecified atom stereocenters. The molecule has 3 heteroatoms. The molecule has 0 radical (unpaired) electrons. The third-order valence-electron chi connectivity index (χ3n) is 3.42. The molecule has 0 saturated heterocycles. The molecule has 1 atom stereocenters. The predicted octanol–water partition coefficient (Wildman–Crippen LogP) is 4.03. The first kappa shape index (κ1) is 13.3. The lowest BCUT2D eigenvalue weighted by molar-refractivity contribution is 0.675. The van der Waals surface area contributed by atoms with Crippen LogP contribution in [0.15, 0.2) is 51.2 Å². The average Bonchev–Trinajstić information content (AvgIpc) is 2.68. The molecule has 0 amide bonds. The second-order valence-corrected chi connectivity index (χ2v) is 7.15. The van der Waals surface area contributed by atoms with Gasteiger partial charge >= 0.3 is 0 Å². The van der Waals surface area contributed by atoms with Gasteiger partial charge in [-0.1, -0.05) is 36.3 Å². The van der Waals surface area contributed by atoms with Crippen LogP contribution in [0.25, 0.3) is 0 Å². The van der Waals surface area contributed by atoms with Crippen molar-refractivity contribution in [2.45, 2.75) is 37.0 Å². The zero-order valence-electron chi connectivity index (χ0n) is 11.0. The number of hydrogen-bond acceptors (Lipinski definition) is 2. The maximum atomic E-state index is 12.9. The van der Waals surface area contributed by atoms with E-state index in [-0.39, 0.29) is 0 Å². The Morgan fingerprint density at radius 3 is 2.67 bits per heavy atom. The number of rotatable bonds is 3. The zero-order valence-corrected chi connectivity index (χ0v) is 11.8. The SMILES string of the molecule is CN=S(=O)(CC1=CCCCCC1)c1ccccc1. The topological polar surface area (TPSA) is 29.4 Å². The van der Waals surface area contributed by atoms with E-state index < -0.39 is 9.73 Å². The summed E-state index contributed by atoms with van der Waals surface area (Å²) in [6.45, 7) is 0. The molecular weight excluding hydrogens is 242 g/mol. The van der Waals surface area contributed by atoms with Crippen LogP contribution in [-0.2, 0) is 9.73 Å². The summed E-state index contributed by atoms with van der Waals surface area (Å²) in [4.78, 5) is 0.859. The number of hydrogen-bond donors (Lipinski definition) is 0. The summed E-state index contributed by atoms with van der Waals surface area (Å²) in [5.41, 5.74) is 1.33. The minimum atomic E-state index is -2.26. The van der Waals surface area contributed by atoms with Gasteiger partial charge in [-0.25, -0.2) is 8.57 Å². The Morgan fingerprint density at radius 2 is 1.94 bits per heavy atom. The van der Waals surface area contributed by atoms with E-state index in [1.165, 1.54) is 24.8 Å². The van der Waals surface area contributed by atoms with Crippen molar-refractivity contribution in [2.75, 3.05) is 12.8 Å². The first-order valence-electron chi connectivity index (χ1n) is 6.60. The first-order chi connectivity index (χ1) is 8.74. The number of nitrogens with zero attached hydrogens (tertiary/aromatic N) is 1. The van der Waals surface area contributed by atoms with Crippen molar-refractivity contribution in [1.29, 1.82) is 0 Å². The smallest absolute Gasteiger partial charge is 0.0788 e. The van der Waals surface area contributed by atoms with Crippen molar-refractivity contribution in [3.63, 3.8) is 0 Å². The Kier molecular flexibility index (Phi) is 4.59. The summed E-state index contributed by atoms with van der Waals surface area (Å²) in [7, 11) is -0.592. The molecule has 18 heavy (non-hydrogen) atoms. The van der Waals surface area contributed by atoms with Crippen LogP contribution in [0.3, 0.4) is 0 Å². The van der Waals surface area contributed by atoms with E-state index in [1.54, 1.807) is 7.05 Å². The summed E-state index contributed by atoms with van der Waals surface area (Å²) in [5.74, 6) is 0.605. The van der Waals surface area contributed by atoms with Crippen molar-refractivity contribution in [3.05, 3.63) is 42.0 Å². The molecule has 0 N–H and O–H groups in total. The normalized spacial score (nSPS) is 19.5. The number of allylic oxidation sites excluding steroid dienone is 1. The van der Waals surface area contributed by atoms with Crippen LogP contribution in [0.4, 0.5) is 0 Å². The molecule has 1 aliphatic rings. The maximum Gasteiger partial charge on any atom is 0.0788 e. The quantitative estimate of drug-likeness (QED) is 0.757. The van der Waals surface area contributed by atoms with E-state index in [4.69, 9.17) is 0 Å². The van der Waals surface area contributed by atoms with Gasteiger partial charge in [0.2, 0.25) is 0 Å². The summed E-state index contributed by atoms with van der Waals surface area (Å²) >= 11 is 0. The summed E-state index contributed by atoms with van der Waals surface area (Å²) in [6.07, 6.45) is 8.26. The standard InChI is InChI=1S/C15H21NOS/c1-16-18(17,15-11-7-4-8-12-15)13-14-9-5-2-3-6-10-14/h4,7-9,11-12H,2-3,5-6,10,13H2,1H3. The largest absolute Gasteiger partial charge is 0.244 e. The van der Waals surface area contributed by atoms with E-state index in [9.17, 15) is 4.21 Å². The van der Waals surface area contributed by atoms with Gasteiger partial charge in [-0.2, -0.15) is 0 Å². The first-order valence-corrected chi connectivity index (χ1v) is 8.29. The molecule has 0 aromatic heterocycles. The van der Waals surface area contributed by atoms with Gasteiger partial charge < -0.3 is 0 Å². The van der Waals surface area contributed by atoms with Gasteiger partial charge in [0, 0.05) is 11.9 Å². The lowest BCUT2D eigenvalue weighted by Crippen LogP contribution is -2.09. The molecule has 0 aliphatic heterocycles. The Labute approximate surface area is 110 Å². The minimum Gasteiger partial charge on any atom is -0.244 e. The molecule has 0 saturated carbocycles. The molecule has 0 bridgehead atoms. The highest BCUT2D eigenvalue weighted by molar-refractivity contribution is 7.93. The molecule has 98 valence electrons. The van der Waals surface area contributed by atoms with Crippen LogP contribution >= 0.6 is 0 Å². The van der Waals surface area contributed by atoms with Gasteiger partial charge in [-0.05, 0) is 37.8 Å². The van der Waals surface area contributed by atoms with Crippen molar-refractivity contribution < 1.29 is 4.21 Å². The maximum absolute atomic E-state index is 12.9. The fourth-order valence-corrected chi connectivity index (χ4v) is 4.20. The molecule has 0 fully saturated rings. The van der Waals surface area contributed by atoms with Gasteiger partial charge in [0.25, 0.3) is 0 Å².